The van der Waals surface area contributed by atoms with Gasteiger partial charge in [-0.15, -0.1) is 12.4 Å². The first-order valence-electron chi connectivity index (χ1n) is 7.59. The van der Waals surface area contributed by atoms with Gasteiger partial charge in [-0.25, -0.2) is 0 Å². The van der Waals surface area contributed by atoms with Crippen molar-refractivity contribution in [3.05, 3.63) is 34.9 Å². The van der Waals surface area contributed by atoms with Crippen LogP contribution in [0.5, 0.6) is 0 Å². The molecule has 3 nitrogen and oxygen atoms in total. The third-order valence-corrected chi connectivity index (χ3v) is 4.48. The Hall–Kier alpha value is -0.610. The Labute approximate surface area is 135 Å². The average Bonchev–Trinajstić information content (AvgIpc) is 2.43. The second-order valence-electron chi connectivity index (χ2n) is 6.64. The number of piperazine rings is 1. The minimum Gasteiger partial charge on any atom is -0.396 e. The third-order valence-electron chi connectivity index (χ3n) is 4.48. The number of nitrogens with zero attached hydrogens (tertiary/aromatic N) is 1. The maximum absolute atomic E-state index is 9.90. The van der Waals surface area contributed by atoms with E-state index in [0.717, 1.165) is 26.2 Å². The van der Waals surface area contributed by atoms with Gasteiger partial charge in [0.15, 0.2) is 0 Å². The first-order valence-corrected chi connectivity index (χ1v) is 7.59. The van der Waals surface area contributed by atoms with Crippen LogP contribution in [-0.4, -0.2) is 42.8 Å². The fourth-order valence-electron chi connectivity index (χ4n) is 3.35. The van der Waals surface area contributed by atoms with Crippen molar-refractivity contribution in [1.82, 2.24) is 10.2 Å². The molecule has 0 bridgehead atoms. The van der Waals surface area contributed by atoms with Gasteiger partial charge in [-0.2, -0.15) is 0 Å². The zero-order chi connectivity index (χ0) is 14.8. The highest BCUT2D eigenvalue weighted by molar-refractivity contribution is 5.85. The molecule has 1 aromatic carbocycles. The van der Waals surface area contributed by atoms with Gasteiger partial charge in [-0.1, -0.05) is 32.0 Å². The monoisotopic (exact) mass is 312 g/mol. The van der Waals surface area contributed by atoms with Gasteiger partial charge < -0.3 is 10.4 Å². The Morgan fingerprint density at radius 1 is 1.19 bits per heavy atom. The molecule has 1 aliphatic rings. The van der Waals surface area contributed by atoms with Gasteiger partial charge in [0.2, 0.25) is 0 Å². The number of benzene rings is 1. The fourth-order valence-corrected chi connectivity index (χ4v) is 3.35. The minimum absolute atomic E-state index is 0. The molecular formula is C17H29ClN2O. The summed E-state index contributed by atoms with van der Waals surface area (Å²) < 4.78 is 0. The Bertz CT molecular complexity index is 436. The molecule has 1 aliphatic heterocycles. The van der Waals surface area contributed by atoms with Crippen molar-refractivity contribution in [3.8, 4) is 0 Å². The summed E-state index contributed by atoms with van der Waals surface area (Å²) in [4.78, 5) is 2.53. The highest BCUT2D eigenvalue weighted by Crippen LogP contribution is 2.40. The van der Waals surface area contributed by atoms with E-state index in [9.17, 15) is 5.11 Å². The molecule has 1 saturated heterocycles. The van der Waals surface area contributed by atoms with E-state index in [1.807, 2.05) is 0 Å². The van der Waals surface area contributed by atoms with E-state index in [2.05, 4.69) is 56.1 Å². The van der Waals surface area contributed by atoms with Crippen molar-refractivity contribution in [2.45, 2.75) is 33.7 Å². The van der Waals surface area contributed by atoms with Crippen molar-refractivity contribution >= 4 is 12.4 Å². The van der Waals surface area contributed by atoms with Crippen molar-refractivity contribution in [3.63, 3.8) is 0 Å². The molecule has 2 rings (SSSR count). The molecule has 120 valence electrons. The van der Waals surface area contributed by atoms with Gasteiger partial charge in [0.25, 0.3) is 0 Å². The Balaban J connectivity index is 0.00000220. The number of hydrogen-bond donors (Lipinski definition) is 2. The quantitative estimate of drug-likeness (QED) is 0.897. The molecule has 1 atom stereocenters. The molecule has 1 fully saturated rings. The summed E-state index contributed by atoms with van der Waals surface area (Å²) in [5.41, 5.74) is 3.91. The summed E-state index contributed by atoms with van der Waals surface area (Å²) in [6, 6.07) is 6.76. The van der Waals surface area contributed by atoms with Crippen LogP contribution >= 0.6 is 12.4 Å². The molecule has 0 aliphatic carbocycles. The number of aliphatic hydroxyl groups excluding tert-OH is 1. The van der Waals surface area contributed by atoms with E-state index in [4.69, 9.17) is 0 Å². The zero-order valence-electron chi connectivity index (χ0n) is 13.6. The Morgan fingerprint density at radius 3 is 2.19 bits per heavy atom. The van der Waals surface area contributed by atoms with E-state index in [-0.39, 0.29) is 30.5 Å². The van der Waals surface area contributed by atoms with Crippen LogP contribution in [0.3, 0.4) is 0 Å². The predicted octanol–water partition coefficient (Wildman–Crippen LogP) is 2.69. The highest BCUT2D eigenvalue weighted by atomic mass is 35.5. The lowest BCUT2D eigenvalue weighted by molar-refractivity contribution is 0.0299. The summed E-state index contributed by atoms with van der Waals surface area (Å²) in [7, 11) is 0. The van der Waals surface area contributed by atoms with Gasteiger partial charge in [-0.05, 0) is 30.5 Å². The van der Waals surface area contributed by atoms with Crippen LogP contribution in [0.15, 0.2) is 18.2 Å². The van der Waals surface area contributed by atoms with Crippen molar-refractivity contribution in [2.24, 2.45) is 5.41 Å². The van der Waals surface area contributed by atoms with Gasteiger partial charge in [-0.3, -0.25) is 4.90 Å². The van der Waals surface area contributed by atoms with Crippen LogP contribution in [0.4, 0.5) is 0 Å². The lowest BCUT2D eigenvalue weighted by Gasteiger charge is -2.44. The fraction of sp³-hybridized carbons (Fsp3) is 0.647. The van der Waals surface area contributed by atoms with E-state index in [1.165, 1.54) is 16.7 Å². The van der Waals surface area contributed by atoms with Crippen molar-refractivity contribution in [2.75, 3.05) is 32.8 Å². The van der Waals surface area contributed by atoms with Crippen LogP contribution in [-0.2, 0) is 0 Å². The summed E-state index contributed by atoms with van der Waals surface area (Å²) in [5.74, 6) is 0. The topological polar surface area (TPSA) is 35.5 Å². The van der Waals surface area contributed by atoms with Gasteiger partial charge >= 0.3 is 0 Å². The van der Waals surface area contributed by atoms with E-state index in [0.29, 0.717) is 0 Å². The lowest BCUT2D eigenvalue weighted by atomic mass is 9.77. The van der Waals surface area contributed by atoms with Crippen LogP contribution in [0, 0.1) is 19.3 Å². The van der Waals surface area contributed by atoms with Crippen LogP contribution in [0.2, 0.25) is 0 Å². The zero-order valence-corrected chi connectivity index (χ0v) is 14.5. The predicted molar refractivity (Wildman–Crippen MR) is 91.2 cm³/mol. The molecule has 1 heterocycles. The molecule has 2 N–H and O–H groups in total. The smallest absolute Gasteiger partial charge is 0.0500 e. The molecule has 0 amide bonds. The van der Waals surface area contributed by atoms with Gasteiger partial charge in [0.05, 0.1) is 0 Å². The van der Waals surface area contributed by atoms with E-state index >= 15 is 0 Å². The third kappa shape index (κ3) is 3.98. The molecule has 4 heteroatoms. The second-order valence-corrected chi connectivity index (χ2v) is 6.64. The second kappa shape index (κ2) is 7.59. The van der Waals surface area contributed by atoms with Crippen molar-refractivity contribution < 1.29 is 5.11 Å². The summed E-state index contributed by atoms with van der Waals surface area (Å²) >= 11 is 0. The van der Waals surface area contributed by atoms with Crippen LogP contribution in [0.25, 0.3) is 0 Å². The summed E-state index contributed by atoms with van der Waals surface area (Å²) in [6.45, 7) is 13.1. The minimum atomic E-state index is -0.145. The van der Waals surface area contributed by atoms with E-state index in [1.54, 1.807) is 0 Å². The first-order chi connectivity index (χ1) is 9.47. The SMILES string of the molecule is Cc1cccc(C)c1[C@@H](N1CCNCC1)C(C)(C)CO.Cl. The molecule has 21 heavy (non-hydrogen) atoms. The normalized spacial score (nSPS) is 18.1. The van der Waals surface area contributed by atoms with Crippen LogP contribution < -0.4 is 5.32 Å². The Morgan fingerprint density at radius 2 is 1.71 bits per heavy atom. The Kier molecular flexibility index (Phi) is 6.67. The first kappa shape index (κ1) is 18.4. The standard InChI is InChI=1S/C17H28N2O.ClH/c1-13-6-5-7-14(2)15(13)16(17(3,4)12-20)19-10-8-18-9-11-19;/h5-7,16,18,20H,8-12H2,1-4H3;1H/t16-;/m1./s1. The molecule has 0 radical (unpaired) electrons. The molecule has 0 aromatic heterocycles. The van der Waals surface area contributed by atoms with Gasteiger partial charge in [0, 0.05) is 44.2 Å². The number of aliphatic hydroxyl groups is 1. The largest absolute Gasteiger partial charge is 0.396 e. The van der Waals surface area contributed by atoms with E-state index < -0.39 is 0 Å². The molecule has 0 unspecified atom stereocenters. The van der Waals surface area contributed by atoms with Crippen LogP contribution in [0.1, 0.15) is 36.6 Å². The number of hydrogen-bond acceptors (Lipinski definition) is 3. The lowest BCUT2D eigenvalue weighted by Crippen LogP contribution is -2.50. The molecule has 1 aromatic rings. The maximum Gasteiger partial charge on any atom is 0.0500 e. The average molecular weight is 313 g/mol. The molecule has 0 spiro atoms. The summed E-state index contributed by atoms with van der Waals surface area (Å²) in [6.07, 6.45) is 0. The number of halogens is 1. The van der Waals surface area contributed by atoms with Crippen molar-refractivity contribution in [1.29, 1.82) is 0 Å². The number of aryl methyl sites for hydroxylation is 2. The highest BCUT2D eigenvalue weighted by Gasteiger charge is 2.37. The van der Waals surface area contributed by atoms with Gasteiger partial charge in [0.1, 0.15) is 0 Å². The molecule has 0 saturated carbocycles. The number of nitrogens with one attached hydrogen (secondary N) is 1. The number of rotatable bonds is 4. The summed E-state index contributed by atoms with van der Waals surface area (Å²) in [5, 5.41) is 13.3. The molecular weight excluding hydrogens is 284 g/mol. The maximum atomic E-state index is 9.90.